The summed E-state index contributed by atoms with van der Waals surface area (Å²) in [4.78, 5) is 14.0. The summed E-state index contributed by atoms with van der Waals surface area (Å²) in [5.74, 6) is 0.623. The first-order chi connectivity index (χ1) is 8.90. The van der Waals surface area contributed by atoms with Gasteiger partial charge in [-0.25, -0.2) is 0 Å². The minimum absolute atomic E-state index is 0.0348. The zero-order valence-corrected chi connectivity index (χ0v) is 12.3. The third kappa shape index (κ3) is 5.30. The van der Waals surface area contributed by atoms with Crippen LogP contribution in [0.15, 0.2) is 24.3 Å². The maximum atomic E-state index is 11.8. The molecular weight excluding hydrogens is 238 g/mol. The minimum atomic E-state index is 0.0348. The predicted molar refractivity (Wildman–Crippen MR) is 81.0 cm³/mol. The lowest BCUT2D eigenvalue weighted by Gasteiger charge is -2.27. The van der Waals surface area contributed by atoms with Crippen LogP contribution in [0.5, 0.6) is 0 Å². The summed E-state index contributed by atoms with van der Waals surface area (Å²) in [6.45, 7) is 7.33. The van der Waals surface area contributed by atoms with Crippen molar-refractivity contribution >= 4 is 17.3 Å². The standard InChI is InChI=1S/C15H25N3O/c1-11(2)12(3)18(4)10-9-15(19)17-14-7-5-13(16)6-8-14/h5-8,11-12H,9-10,16H2,1-4H3,(H,17,19). The van der Waals surface area contributed by atoms with Gasteiger partial charge in [0.2, 0.25) is 5.91 Å². The molecule has 0 bridgehead atoms. The van der Waals surface area contributed by atoms with Crippen LogP contribution in [-0.4, -0.2) is 30.4 Å². The summed E-state index contributed by atoms with van der Waals surface area (Å²) in [5.41, 5.74) is 7.09. The number of carbonyl (C=O) groups is 1. The molecule has 0 spiro atoms. The second-order valence-corrected chi connectivity index (χ2v) is 5.39. The number of amides is 1. The second kappa shape index (κ2) is 7.14. The fourth-order valence-electron chi connectivity index (χ4n) is 1.78. The highest BCUT2D eigenvalue weighted by atomic mass is 16.1. The second-order valence-electron chi connectivity index (χ2n) is 5.39. The van der Waals surface area contributed by atoms with E-state index in [1.54, 1.807) is 12.1 Å². The van der Waals surface area contributed by atoms with Gasteiger partial charge in [0.05, 0.1) is 0 Å². The van der Waals surface area contributed by atoms with E-state index < -0.39 is 0 Å². The molecule has 0 heterocycles. The molecule has 106 valence electrons. The number of hydrogen-bond acceptors (Lipinski definition) is 3. The van der Waals surface area contributed by atoms with E-state index in [1.165, 1.54) is 0 Å². The Balaban J connectivity index is 2.37. The number of rotatable bonds is 6. The summed E-state index contributed by atoms with van der Waals surface area (Å²) in [6, 6.07) is 7.66. The van der Waals surface area contributed by atoms with Gasteiger partial charge in [0.1, 0.15) is 0 Å². The lowest BCUT2D eigenvalue weighted by molar-refractivity contribution is -0.116. The van der Waals surface area contributed by atoms with E-state index in [0.717, 1.165) is 12.2 Å². The Morgan fingerprint density at radius 3 is 2.37 bits per heavy atom. The summed E-state index contributed by atoms with van der Waals surface area (Å²) in [6.07, 6.45) is 0.498. The van der Waals surface area contributed by atoms with Gasteiger partial charge in [-0.2, -0.15) is 0 Å². The summed E-state index contributed by atoms with van der Waals surface area (Å²) >= 11 is 0. The fourth-order valence-corrected chi connectivity index (χ4v) is 1.78. The quantitative estimate of drug-likeness (QED) is 0.776. The van der Waals surface area contributed by atoms with Gasteiger partial charge in [-0.05, 0) is 44.2 Å². The van der Waals surface area contributed by atoms with Crippen molar-refractivity contribution in [3.8, 4) is 0 Å². The van der Waals surface area contributed by atoms with Crippen LogP contribution in [0.1, 0.15) is 27.2 Å². The third-order valence-corrected chi connectivity index (χ3v) is 3.55. The van der Waals surface area contributed by atoms with Gasteiger partial charge in [0.25, 0.3) is 0 Å². The number of nitrogens with two attached hydrogens (primary N) is 1. The lowest BCUT2D eigenvalue weighted by Crippen LogP contribution is -2.35. The monoisotopic (exact) mass is 263 g/mol. The van der Waals surface area contributed by atoms with Gasteiger partial charge in [-0.15, -0.1) is 0 Å². The highest BCUT2D eigenvalue weighted by molar-refractivity contribution is 5.90. The average Bonchev–Trinajstić information content (AvgIpc) is 2.37. The molecule has 1 aromatic carbocycles. The van der Waals surface area contributed by atoms with Crippen molar-refractivity contribution in [3.05, 3.63) is 24.3 Å². The zero-order chi connectivity index (χ0) is 14.4. The molecule has 19 heavy (non-hydrogen) atoms. The number of carbonyl (C=O) groups excluding carboxylic acids is 1. The first-order valence-electron chi connectivity index (χ1n) is 6.75. The van der Waals surface area contributed by atoms with Gasteiger partial charge >= 0.3 is 0 Å². The third-order valence-electron chi connectivity index (χ3n) is 3.55. The molecule has 0 fully saturated rings. The van der Waals surface area contributed by atoms with Crippen LogP contribution in [0.3, 0.4) is 0 Å². The predicted octanol–water partition coefficient (Wildman–Crippen LogP) is 2.57. The van der Waals surface area contributed by atoms with Gasteiger partial charge < -0.3 is 16.0 Å². The molecule has 1 aromatic rings. The summed E-state index contributed by atoms with van der Waals surface area (Å²) in [5, 5.41) is 2.87. The minimum Gasteiger partial charge on any atom is -0.399 e. The Morgan fingerprint density at radius 2 is 1.84 bits per heavy atom. The number of anilines is 2. The normalized spacial score (nSPS) is 12.7. The highest BCUT2D eigenvalue weighted by Crippen LogP contribution is 2.11. The topological polar surface area (TPSA) is 58.4 Å². The molecule has 0 aliphatic carbocycles. The van der Waals surface area contributed by atoms with Crippen LogP contribution in [0.2, 0.25) is 0 Å². The molecular formula is C15H25N3O. The van der Waals surface area contributed by atoms with Crippen LogP contribution < -0.4 is 11.1 Å². The van der Waals surface area contributed by atoms with Crippen molar-refractivity contribution in [3.63, 3.8) is 0 Å². The van der Waals surface area contributed by atoms with Crippen molar-refractivity contribution in [2.75, 3.05) is 24.6 Å². The van der Waals surface area contributed by atoms with E-state index in [2.05, 4.69) is 38.0 Å². The van der Waals surface area contributed by atoms with Crippen molar-refractivity contribution in [2.24, 2.45) is 5.92 Å². The highest BCUT2D eigenvalue weighted by Gasteiger charge is 2.14. The molecule has 0 aromatic heterocycles. The van der Waals surface area contributed by atoms with Crippen LogP contribution in [0.4, 0.5) is 11.4 Å². The van der Waals surface area contributed by atoms with Crippen LogP contribution in [0, 0.1) is 5.92 Å². The molecule has 4 nitrogen and oxygen atoms in total. The fraction of sp³-hybridized carbons (Fsp3) is 0.533. The van der Waals surface area contributed by atoms with Gasteiger partial charge in [0.15, 0.2) is 0 Å². The van der Waals surface area contributed by atoms with Crippen LogP contribution in [0.25, 0.3) is 0 Å². The molecule has 3 N–H and O–H groups in total. The van der Waals surface area contributed by atoms with E-state index in [0.29, 0.717) is 24.1 Å². The van der Waals surface area contributed by atoms with E-state index in [-0.39, 0.29) is 5.91 Å². The molecule has 0 aliphatic rings. The van der Waals surface area contributed by atoms with E-state index >= 15 is 0 Å². The Morgan fingerprint density at radius 1 is 1.26 bits per heavy atom. The Hall–Kier alpha value is -1.55. The molecule has 1 atom stereocenters. The molecule has 0 radical (unpaired) electrons. The molecule has 1 amide bonds. The number of nitrogens with zero attached hydrogens (tertiary/aromatic N) is 1. The summed E-state index contributed by atoms with van der Waals surface area (Å²) < 4.78 is 0. The number of benzene rings is 1. The number of nitrogen functional groups attached to an aromatic ring is 1. The SMILES string of the molecule is CC(C)C(C)N(C)CCC(=O)Nc1ccc(N)cc1. The molecule has 0 aliphatic heterocycles. The molecule has 1 unspecified atom stereocenters. The largest absolute Gasteiger partial charge is 0.399 e. The average molecular weight is 263 g/mol. The lowest BCUT2D eigenvalue weighted by atomic mass is 10.1. The van der Waals surface area contributed by atoms with E-state index in [9.17, 15) is 4.79 Å². The van der Waals surface area contributed by atoms with Gasteiger partial charge in [-0.1, -0.05) is 13.8 Å². The van der Waals surface area contributed by atoms with Crippen LogP contribution in [-0.2, 0) is 4.79 Å². The molecule has 4 heteroatoms. The molecule has 0 saturated heterocycles. The van der Waals surface area contributed by atoms with Crippen molar-refractivity contribution in [2.45, 2.75) is 33.2 Å². The molecule has 0 saturated carbocycles. The smallest absolute Gasteiger partial charge is 0.225 e. The van der Waals surface area contributed by atoms with Crippen LogP contribution >= 0.6 is 0 Å². The Kier molecular flexibility index (Phi) is 5.83. The van der Waals surface area contributed by atoms with Gasteiger partial charge in [0, 0.05) is 30.4 Å². The first-order valence-corrected chi connectivity index (χ1v) is 6.75. The Labute approximate surface area is 116 Å². The van der Waals surface area contributed by atoms with Crippen molar-refractivity contribution < 1.29 is 4.79 Å². The van der Waals surface area contributed by atoms with E-state index in [1.807, 2.05) is 12.1 Å². The van der Waals surface area contributed by atoms with Gasteiger partial charge in [-0.3, -0.25) is 4.79 Å². The Bertz CT molecular complexity index is 400. The van der Waals surface area contributed by atoms with E-state index in [4.69, 9.17) is 5.73 Å². The number of nitrogens with one attached hydrogen (secondary N) is 1. The summed E-state index contributed by atoms with van der Waals surface area (Å²) in [7, 11) is 2.06. The maximum Gasteiger partial charge on any atom is 0.225 e. The van der Waals surface area contributed by atoms with Crippen molar-refractivity contribution in [1.29, 1.82) is 0 Å². The zero-order valence-electron chi connectivity index (χ0n) is 12.3. The number of hydrogen-bond donors (Lipinski definition) is 2. The first kappa shape index (κ1) is 15.5. The van der Waals surface area contributed by atoms with Crippen molar-refractivity contribution in [1.82, 2.24) is 4.90 Å². The maximum absolute atomic E-state index is 11.8. The molecule has 1 rings (SSSR count).